The molecule has 0 aliphatic rings. The molecule has 0 bridgehead atoms. The van der Waals surface area contributed by atoms with Crippen LogP contribution in [0.15, 0.2) is 52.4 Å². The van der Waals surface area contributed by atoms with Gasteiger partial charge in [-0.05, 0) is 84.0 Å². The van der Waals surface area contributed by atoms with E-state index in [1.807, 2.05) is 30.6 Å². The van der Waals surface area contributed by atoms with Crippen molar-refractivity contribution in [2.45, 2.75) is 80.1 Å². The van der Waals surface area contributed by atoms with Gasteiger partial charge in [0.1, 0.15) is 0 Å². The predicted octanol–water partition coefficient (Wildman–Crippen LogP) is -1.03. The molecule has 1 aromatic heterocycles. The van der Waals surface area contributed by atoms with Crippen LogP contribution < -0.4 is 37.2 Å². The van der Waals surface area contributed by atoms with E-state index in [-0.39, 0.29) is 78.1 Å². The van der Waals surface area contributed by atoms with E-state index in [2.05, 4.69) is 65.8 Å². The molecule has 2 aromatic carbocycles. The summed E-state index contributed by atoms with van der Waals surface area (Å²) in [5.41, 5.74) is 11.9. The molecule has 7 heteroatoms. The molecule has 0 aliphatic heterocycles. The number of hydrogen-bond donors (Lipinski definition) is 0. The van der Waals surface area contributed by atoms with E-state index >= 15 is 0 Å². The average molecular weight is 704 g/mol. The zero-order chi connectivity index (χ0) is 24.5. The minimum absolute atomic E-state index is 0. The van der Waals surface area contributed by atoms with E-state index in [0.29, 0.717) is 0 Å². The van der Waals surface area contributed by atoms with Crippen LogP contribution in [0.3, 0.4) is 0 Å². The Kier molecular flexibility index (Phi) is 20.8. The third-order valence-corrected chi connectivity index (χ3v) is 6.44. The molecule has 3 aromatic rings. The van der Waals surface area contributed by atoms with Crippen molar-refractivity contribution in [2.24, 2.45) is 9.98 Å². The molecule has 203 valence electrons. The quantitative estimate of drug-likeness (QED) is 0.249. The van der Waals surface area contributed by atoms with E-state index in [4.69, 9.17) is 15.0 Å². The maximum Gasteiger partial charge on any atom is 3.00 e. The van der Waals surface area contributed by atoms with Gasteiger partial charge in [-0.3, -0.25) is 9.98 Å². The van der Waals surface area contributed by atoms with Crippen molar-refractivity contribution < 1.29 is 78.1 Å². The molecule has 1 radical (unpaired) electrons. The summed E-state index contributed by atoms with van der Waals surface area (Å²) in [7, 11) is 0. The summed E-state index contributed by atoms with van der Waals surface area (Å²) in [6.07, 6.45) is 9.78. The van der Waals surface area contributed by atoms with Gasteiger partial charge in [0, 0.05) is 0 Å². The van der Waals surface area contributed by atoms with E-state index in [0.717, 1.165) is 61.3 Å². The van der Waals surface area contributed by atoms with Gasteiger partial charge in [0.05, 0.1) is 35.2 Å². The summed E-state index contributed by atoms with van der Waals surface area (Å²) < 4.78 is 0. The molecule has 0 saturated carbocycles. The van der Waals surface area contributed by atoms with Gasteiger partial charge in [0.2, 0.25) is 0 Å². The Bertz CT molecular complexity index is 1050. The Labute approximate surface area is 281 Å². The summed E-state index contributed by atoms with van der Waals surface area (Å²) in [6, 6.07) is 15.2. The topological polar surface area (TPSA) is 37.6 Å². The normalized spacial score (nSPS) is 10.5. The van der Waals surface area contributed by atoms with Gasteiger partial charge in [-0.2, -0.15) is 0 Å². The molecule has 1 heterocycles. The molecule has 0 N–H and O–H groups in total. The first-order chi connectivity index (χ1) is 16.6. The maximum atomic E-state index is 4.89. The number of benzene rings is 2. The van der Waals surface area contributed by atoms with Gasteiger partial charge in [-0.25, -0.2) is 4.98 Å². The van der Waals surface area contributed by atoms with Gasteiger partial charge in [-0.1, -0.05) is 71.9 Å². The fourth-order valence-electron chi connectivity index (χ4n) is 4.36. The van der Waals surface area contributed by atoms with Gasteiger partial charge >= 0.3 is 40.8 Å². The number of aryl methyl sites for hydroxylation is 6. The van der Waals surface area contributed by atoms with Gasteiger partial charge < -0.3 is 37.2 Å². The van der Waals surface area contributed by atoms with Crippen molar-refractivity contribution in [3.8, 4) is 0 Å². The number of hydrogen-bond acceptors (Lipinski definition) is 3. The van der Waals surface area contributed by atoms with Crippen LogP contribution in [0, 0.1) is 40.8 Å². The third-order valence-electron chi connectivity index (χ3n) is 6.44. The van der Waals surface area contributed by atoms with E-state index in [1.54, 1.807) is 0 Å². The molecule has 38 heavy (non-hydrogen) atoms. The smallest absolute Gasteiger partial charge is 1.00 e. The molecular formula is C31H39Cl3N3Nd. The van der Waals surface area contributed by atoms with Gasteiger partial charge in [0.15, 0.2) is 0 Å². The zero-order valence-electron chi connectivity index (χ0n) is 23.4. The third kappa shape index (κ3) is 10.3. The van der Waals surface area contributed by atoms with Crippen molar-refractivity contribution in [3.63, 3.8) is 0 Å². The van der Waals surface area contributed by atoms with Crippen molar-refractivity contribution in [2.75, 3.05) is 0 Å². The molecule has 0 aliphatic carbocycles. The van der Waals surface area contributed by atoms with Gasteiger partial charge in [-0.15, -0.1) is 0 Å². The van der Waals surface area contributed by atoms with Crippen LogP contribution in [0.1, 0.15) is 86.3 Å². The zero-order valence-corrected chi connectivity index (χ0v) is 28.9. The van der Waals surface area contributed by atoms with Crippen LogP contribution in [0.4, 0.5) is 11.4 Å². The van der Waals surface area contributed by atoms with Gasteiger partial charge in [0.25, 0.3) is 0 Å². The number of nitrogens with zero attached hydrogens (tertiary/aromatic N) is 3. The van der Waals surface area contributed by atoms with Crippen molar-refractivity contribution in [1.82, 2.24) is 4.98 Å². The number of aromatic nitrogens is 1. The predicted molar refractivity (Wildman–Crippen MR) is 148 cm³/mol. The van der Waals surface area contributed by atoms with Crippen LogP contribution >= 0.6 is 0 Å². The molecule has 3 nitrogen and oxygen atoms in total. The molecule has 0 amide bonds. The minimum atomic E-state index is 0. The second kappa shape index (κ2) is 20.1. The van der Waals surface area contributed by atoms with E-state index < -0.39 is 0 Å². The molecule has 0 atom stereocenters. The number of halogens is 3. The summed E-state index contributed by atoms with van der Waals surface area (Å²) in [6.45, 7) is 13.2. The molecule has 0 spiro atoms. The second-order valence-corrected chi connectivity index (χ2v) is 8.65. The van der Waals surface area contributed by atoms with Crippen LogP contribution in [-0.4, -0.2) is 17.4 Å². The van der Waals surface area contributed by atoms with Crippen molar-refractivity contribution >= 4 is 23.8 Å². The summed E-state index contributed by atoms with van der Waals surface area (Å²) in [4.78, 5) is 14.6. The SMILES string of the molecule is CCc1cc(CC)c(N=Cc2cccc(C=Nc3c(CC)cc(CC)cc3CC)n2)c(CC)c1.[Cl-].[Cl-].[Cl-].[Nd+3]. The first-order valence-corrected chi connectivity index (χ1v) is 12.9. The van der Waals surface area contributed by atoms with E-state index in [9.17, 15) is 0 Å². The fraction of sp³-hybridized carbons (Fsp3) is 0.387. The summed E-state index contributed by atoms with van der Waals surface area (Å²) in [5.74, 6) is 0. The molecular weight excluding hydrogens is 665 g/mol. The number of pyridine rings is 1. The fourth-order valence-corrected chi connectivity index (χ4v) is 4.36. The van der Waals surface area contributed by atoms with Crippen LogP contribution in [-0.2, 0) is 38.5 Å². The molecule has 0 saturated heterocycles. The molecule has 0 fully saturated rings. The second-order valence-electron chi connectivity index (χ2n) is 8.65. The Balaban J connectivity index is 0. The average Bonchev–Trinajstić information content (AvgIpc) is 2.89. The molecule has 3 rings (SSSR count). The first-order valence-electron chi connectivity index (χ1n) is 12.9. The van der Waals surface area contributed by atoms with Crippen molar-refractivity contribution in [3.05, 3.63) is 87.2 Å². The largest absolute Gasteiger partial charge is 3.00 e. The maximum absolute atomic E-state index is 4.89. The number of rotatable bonds is 10. The summed E-state index contributed by atoms with van der Waals surface area (Å²) in [5, 5.41) is 0. The van der Waals surface area contributed by atoms with Crippen LogP contribution in [0.25, 0.3) is 0 Å². The van der Waals surface area contributed by atoms with Crippen molar-refractivity contribution in [1.29, 1.82) is 0 Å². The van der Waals surface area contributed by atoms with E-state index in [1.165, 1.54) is 33.4 Å². The monoisotopic (exact) mass is 700 g/mol. The van der Waals surface area contributed by atoms with Crippen LogP contribution in [0.5, 0.6) is 0 Å². The summed E-state index contributed by atoms with van der Waals surface area (Å²) >= 11 is 0. The number of aliphatic imine (C=N–C) groups is 2. The molecule has 0 unspecified atom stereocenters. The van der Waals surface area contributed by atoms with Crippen LogP contribution in [0.2, 0.25) is 0 Å². The standard InChI is InChI=1S/C31H39N3.3ClH.Nd/c1-7-22-16-24(9-3)30(25(10-4)17-22)32-20-28-14-13-15-29(34-28)21-33-31-26(11-5)18-23(8-2)19-27(31)12-6;;;;/h13-21H,7-12H2,1-6H3;3*1H;/q;;;;+3/p-3. The Morgan fingerprint density at radius 3 is 1.13 bits per heavy atom. The minimum Gasteiger partial charge on any atom is -1.00 e. The Morgan fingerprint density at radius 1 is 0.553 bits per heavy atom. The first kappa shape index (κ1) is 39.3. The Hall–Kier alpha value is -0.849. The Morgan fingerprint density at radius 2 is 0.868 bits per heavy atom.